The second kappa shape index (κ2) is 6.99. The lowest BCUT2D eigenvalue weighted by Gasteiger charge is -2.32. The fourth-order valence-electron chi connectivity index (χ4n) is 3.09. The Kier molecular flexibility index (Phi) is 4.79. The zero-order chi connectivity index (χ0) is 17.1. The molecule has 1 aromatic carbocycles. The summed E-state index contributed by atoms with van der Waals surface area (Å²) in [5.74, 6) is 1.37. The molecule has 1 aromatic heterocycles. The van der Waals surface area contributed by atoms with Crippen molar-refractivity contribution in [2.24, 2.45) is 0 Å². The van der Waals surface area contributed by atoms with E-state index >= 15 is 0 Å². The molecule has 126 valence electrons. The van der Waals surface area contributed by atoms with Crippen LogP contribution in [-0.4, -0.2) is 40.0 Å². The number of ether oxygens (including phenoxy) is 1. The maximum absolute atomic E-state index is 12.7. The van der Waals surface area contributed by atoms with Gasteiger partial charge in [-0.1, -0.05) is 17.7 Å². The Morgan fingerprint density at radius 3 is 2.79 bits per heavy atom. The third-order valence-electron chi connectivity index (χ3n) is 4.16. The van der Waals surface area contributed by atoms with Crippen molar-refractivity contribution in [3.63, 3.8) is 0 Å². The number of hydrogen-bond donors (Lipinski definition) is 0. The van der Waals surface area contributed by atoms with Gasteiger partial charge in [0.05, 0.1) is 6.54 Å². The first-order valence-corrected chi connectivity index (χ1v) is 8.36. The van der Waals surface area contributed by atoms with Gasteiger partial charge in [0.1, 0.15) is 11.9 Å². The smallest absolute Gasteiger partial charge is 0.253 e. The van der Waals surface area contributed by atoms with Gasteiger partial charge in [-0.3, -0.25) is 4.79 Å². The van der Waals surface area contributed by atoms with Gasteiger partial charge in [-0.2, -0.15) is 4.98 Å². The average Bonchev–Trinajstić information content (AvgIpc) is 2.53. The van der Waals surface area contributed by atoms with Crippen LogP contribution in [0.25, 0.3) is 0 Å². The lowest BCUT2D eigenvalue weighted by Crippen LogP contribution is -2.44. The standard InChI is InChI=1S/C19H23N3O2/c1-13-6-4-7-16(10-13)19(23)22-9-5-8-17(12-22)24-18-11-14(2)20-15(3)21-18/h4,6-7,10-11,17H,5,8-9,12H2,1-3H3. The van der Waals surface area contributed by atoms with E-state index < -0.39 is 0 Å². The molecule has 1 aliphatic rings. The lowest BCUT2D eigenvalue weighted by molar-refractivity contribution is 0.0526. The molecule has 1 aliphatic heterocycles. The van der Waals surface area contributed by atoms with Crippen LogP contribution in [0.1, 0.15) is 40.3 Å². The van der Waals surface area contributed by atoms with Gasteiger partial charge in [0.15, 0.2) is 0 Å². The number of aromatic nitrogens is 2. The Labute approximate surface area is 142 Å². The molecule has 0 saturated carbocycles. The average molecular weight is 325 g/mol. The van der Waals surface area contributed by atoms with Crippen molar-refractivity contribution >= 4 is 5.91 Å². The highest BCUT2D eigenvalue weighted by atomic mass is 16.5. The van der Waals surface area contributed by atoms with Crippen molar-refractivity contribution in [1.29, 1.82) is 0 Å². The van der Waals surface area contributed by atoms with Crippen LogP contribution in [0.15, 0.2) is 30.3 Å². The number of carbonyl (C=O) groups excluding carboxylic acids is 1. The topological polar surface area (TPSA) is 55.3 Å². The van der Waals surface area contributed by atoms with E-state index in [9.17, 15) is 4.79 Å². The highest BCUT2D eigenvalue weighted by Gasteiger charge is 2.26. The van der Waals surface area contributed by atoms with Crippen LogP contribution in [0, 0.1) is 20.8 Å². The minimum Gasteiger partial charge on any atom is -0.472 e. The van der Waals surface area contributed by atoms with Crippen molar-refractivity contribution in [1.82, 2.24) is 14.9 Å². The Balaban J connectivity index is 1.69. The molecule has 24 heavy (non-hydrogen) atoms. The number of amides is 1. The molecule has 3 rings (SSSR count). The first kappa shape index (κ1) is 16.4. The number of aryl methyl sites for hydroxylation is 3. The second-order valence-corrected chi connectivity index (χ2v) is 6.40. The number of likely N-dealkylation sites (tertiary alicyclic amines) is 1. The van der Waals surface area contributed by atoms with Gasteiger partial charge < -0.3 is 9.64 Å². The fraction of sp³-hybridized carbons (Fsp3) is 0.421. The highest BCUT2D eigenvalue weighted by molar-refractivity contribution is 5.94. The highest BCUT2D eigenvalue weighted by Crippen LogP contribution is 2.19. The van der Waals surface area contributed by atoms with Crippen LogP contribution in [0.4, 0.5) is 0 Å². The van der Waals surface area contributed by atoms with E-state index in [1.807, 2.05) is 56.0 Å². The Morgan fingerprint density at radius 2 is 2.04 bits per heavy atom. The van der Waals surface area contributed by atoms with E-state index in [0.29, 0.717) is 18.2 Å². The molecule has 0 bridgehead atoms. The monoisotopic (exact) mass is 325 g/mol. The zero-order valence-corrected chi connectivity index (χ0v) is 14.5. The van der Waals surface area contributed by atoms with Gasteiger partial charge in [0.25, 0.3) is 5.91 Å². The third-order valence-corrected chi connectivity index (χ3v) is 4.16. The maximum Gasteiger partial charge on any atom is 0.253 e. The van der Waals surface area contributed by atoms with E-state index in [0.717, 1.165) is 36.2 Å². The van der Waals surface area contributed by atoms with Crippen molar-refractivity contribution in [3.05, 3.63) is 53.0 Å². The largest absolute Gasteiger partial charge is 0.472 e. The summed E-state index contributed by atoms with van der Waals surface area (Å²) in [7, 11) is 0. The molecule has 1 saturated heterocycles. The van der Waals surface area contributed by atoms with Crippen molar-refractivity contribution in [2.45, 2.75) is 39.7 Å². The van der Waals surface area contributed by atoms with Crippen molar-refractivity contribution in [2.75, 3.05) is 13.1 Å². The molecule has 1 unspecified atom stereocenters. The van der Waals surface area contributed by atoms with Crippen LogP contribution >= 0.6 is 0 Å². The molecule has 1 fully saturated rings. The van der Waals surface area contributed by atoms with E-state index in [1.54, 1.807) is 0 Å². The van der Waals surface area contributed by atoms with Crippen LogP contribution in [-0.2, 0) is 0 Å². The van der Waals surface area contributed by atoms with Crippen molar-refractivity contribution in [3.8, 4) is 5.88 Å². The maximum atomic E-state index is 12.7. The summed E-state index contributed by atoms with van der Waals surface area (Å²) >= 11 is 0. The molecule has 1 amide bonds. The number of carbonyl (C=O) groups is 1. The SMILES string of the molecule is Cc1cccc(C(=O)N2CCCC(Oc3cc(C)nc(C)n3)C2)c1. The Bertz CT molecular complexity index is 725. The summed E-state index contributed by atoms with van der Waals surface area (Å²) in [5.41, 5.74) is 2.72. The predicted molar refractivity (Wildman–Crippen MR) is 92.2 cm³/mol. The molecule has 2 aromatic rings. The van der Waals surface area contributed by atoms with E-state index in [2.05, 4.69) is 9.97 Å². The molecule has 0 aliphatic carbocycles. The number of hydrogen-bond acceptors (Lipinski definition) is 4. The molecule has 0 spiro atoms. The number of benzene rings is 1. The van der Waals surface area contributed by atoms with Gasteiger partial charge in [-0.15, -0.1) is 0 Å². The van der Waals surface area contributed by atoms with Gasteiger partial charge in [0.2, 0.25) is 5.88 Å². The van der Waals surface area contributed by atoms with E-state index in [1.165, 1.54) is 0 Å². The predicted octanol–water partition coefficient (Wildman–Crippen LogP) is 3.09. The number of piperidine rings is 1. The van der Waals surface area contributed by atoms with Gasteiger partial charge in [-0.25, -0.2) is 4.98 Å². The summed E-state index contributed by atoms with van der Waals surface area (Å²) in [6.07, 6.45) is 1.84. The van der Waals surface area contributed by atoms with Gasteiger partial charge in [0, 0.05) is 23.9 Å². The fourth-order valence-corrected chi connectivity index (χ4v) is 3.09. The first-order chi connectivity index (χ1) is 11.5. The molecule has 0 N–H and O–H groups in total. The summed E-state index contributed by atoms with van der Waals surface area (Å²) < 4.78 is 6.01. The summed E-state index contributed by atoms with van der Waals surface area (Å²) in [5, 5.41) is 0. The lowest BCUT2D eigenvalue weighted by atomic mass is 10.1. The minimum atomic E-state index is -0.0267. The van der Waals surface area contributed by atoms with Gasteiger partial charge >= 0.3 is 0 Å². The normalized spacial score (nSPS) is 17.6. The minimum absolute atomic E-state index is 0.0267. The summed E-state index contributed by atoms with van der Waals surface area (Å²) in [6.45, 7) is 7.15. The zero-order valence-electron chi connectivity index (χ0n) is 14.5. The molecule has 5 heteroatoms. The second-order valence-electron chi connectivity index (χ2n) is 6.40. The van der Waals surface area contributed by atoms with E-state index in [4.69, 9.17) is 4.74 Å². The van der Waals surface area contributed by atoms with Crippen LogP contribution in [0.3, 0.4) is 0 Å². The van der Waals surface area contributed by atoms with Gasteiger partial charge in [-0.05, 0) is 45.7 Å². The molecule has 1 atom stereocenters. The summed E-state index contributed by atoms with van der Waals surface area (Å²) in [6, 6.07) is 9.57. The number of rotatable bonds is 3. The van der Waals surface area contributed by atoms with Crippen LogP contribution in [0.2, 0.25) is 0 Å². The Hall–Kier alpha value is -2.43. The van der Waals surface area contributed by atoms with Crippen LogP contribution < -0.4 is 4.74 Å². The quantitative estimate of drug-likeness (QED) is 0.870. The number of nitrogens with zero attached hydrogens (tertiary/aromatic N) is 3. The molecular weight excluding hydrogens is 302 g/mol. The molecular formula is C19H23N3O2. The first-order valence-electron chi connectivity index (χ1n) is 8.36. The van der Waals surface area contributed by atoms with E-state index in [-0.39, 0.29) is 12.0 Å². The Morgan fingerprint density at radius 1 is 1.21 bits per heavy atom. The van der Waals surface area contributed by atoms with Crippen molar-refractivity contribution < 1.29 is 9.53 Å². The molecule has 5 nitrogen and oxygen atoms in total. The molecule has 2 heterocycles. The third kappa shape index (κ3) is 3.91. The summed E-state index contributed by atoms with van der Waals surface area (Å²) in [4.78, 5) is 23.2. The molecule has 0 radical (unpaired) electrons. The van der Waals surface area contributed by atoms with Crippen LogP contribution in [0.5, 0.6) is 5.88 Å².